The number of hydrogen-bond acceptors (Lipinski definition) is 5. The first-order chi connectivity index (χ1) is 5.74. The Hall–Kier alpha value is -1.52. The highest BCUT2D eigenvalue weighted by atomic mass is 16.3. The summed E-state index contributed by atoms with van der Waals surface area (Å²) in [7, 11) is 0. The number of nitrogen functional groups attached to an aromatic ring is 1. The third-order valence-corrected chi connectivity index (χ3v) is 1.65. The number of nitrogens with two attached hydrogens (primary N) is 1. The van der Waals surface area contributed by atoms with E-state index in [0.29, 0.717) is 11.9 Å². The van der Waals surface area contributed by atoms with E-state index in [0.717, 1.165) is 12.8 Å². The Bertz CT molecular complexity index is 277. The molecule has 1 heterocycles. The smallest absolute Gasteiger partial charge is 0.221 e. The van der Waals surface area contributed by atoms with Crippen molar-refractivity contribution in [3.63, 3.8) is 0 Å². The van der Waals surface area contributed by atoms with Crippen LogP contribution in [-0.4, -0.2) is 16.0 Å². The summed E-state index contributed by atoms with van der Waals surface area (Å²) in [5, 5.41) is 13.9. The molecule has 1 saturated carbocycles. The van der Waals surface area contributed by atoms with Crippen molar-refractivity contribution >= 4 is 11.8 Å². The Labute approximate surface area is 69.6 Å². The summed E-state index contributed by atoms with van der Waals surface area (Å²) >= 11 is 0. The minimum Gasteiger partial charge on any atom is -0.858 e. The topological polar surface area (TPSA) is 86.9 Å². The average molecular weight is 165 g/mol. The lowest BCUT2D eigenvalue weighted by atomic mass is 10.5. The van der Waals surface area contributed by atoms with Gasteiger partial charge in [-0.05, 0) is 24.8 Å². The second-order valence-electron chi connectivity index (χ2n) is 2.87. The largest absolute Gasteiger partial charge is 0.858 e. The molecule has 0 radical (unpaired) electrons. The van der Waals surface area contributed by atoms with Gasteiger partial charge >= 0.3 is 0 Å². The van der Waals surface area contributed by atoms with Gasteiger partial charge in [-0.3, -0.25) is 0 Å². The molecule has 0 aliphatic heterocycles. The second-order valence-corrected chi connectivity index (χ2v) is 2.87. The van der Waals surface area contributed by atoms with Crippen molar-refractivity contribution in [2.24, 2.45) is 0 Å². The second kappa shape index (κ2) is 2.51. The van der Waals surface area contributed by atoms with Gasteiger partial charge in [-0.15, -0.1) is 0 Å². The van der Waals surface area contributed by atoms with Crippen molar-refractivity contribution in [1.82, 2.24) is 9.97 Å². The molecule has 3 N–H and O–H groups in total. The van der Waals surface area contributed by atoms with Crippen LogP contribution in [0.2, 0.25) is 0 Å². The van der Waals surface area contributed by atoms with Crippen LogP contribution in [-0.2, 0) is 0 Å². The van der Waals surface area contributed by atoms with E-state index in [1.54, 1.807) is 0 Å². The van der Waals surface area contributed by atoms with Gasteiger partial charge in [-0.1, -0.05) is 0 Å². The Balaban J connectivity index is 2.18. The van der Waals surface area contributed by atoms with Gasteiger partial charge in [0.2, 0.25) is 5.95 Å². The average Bonchev–Trinajstić information content (AvgIpc) is 2.68. The fraction of sp³-hybridized carbons (Fsp3) is 0.429. The van der Waals surface area contributed by atoms with Gasteiger partial charge < -0.3 is 16.2 Å². The molecule has 0 atom stereocenters. The maximum Gasteiger partial charge on any atom is 0.221 e. The third-order valence-electron chi connectivity index (χ3n) is 1.65. The molecule has 12 heavy (non-hydrogen) atoms. The molecule has 1 fully saturated rings. The summed E-state index contributed by atoms with van der Waals surface area (Å²) in [5.41, 5.74) is 5.29. The zero-order valence-electron chi connectivity index (χ0n) is 6.45. The standard InChI is InChI=1S/C7H10N4O/c8-7-10-5(3-6(12)11-7)9-4-1-2-4/h3-4H,1-2H2,(H4,8,9,10,11,12)/p-1. The van der Waals surface area contributed by atoms with Gasteiger partial charge in [0.15, 0.2) is 0 Å². The van der Waals surface area contributed by atoms with Crippen LogP contribution in [0.3, 0.4) is 0 Å². The zero-order valence-corrected chi connectivity index (χ0v) is 6.45. The van der Waals surface area contributed by atoms with E-state index < -0.39 is 0 Å². The first-order valence-corrected chi connectivity index (χ1v) is 3.82. The van der Waals surface area contributed by atoms with Gasteiger partial charge in [-0.2, -0.15) is 4.98 Å². The van der Waals surface area contributed by atoms with Gasteiger partial charge in [0.1, 0.15) is 5.82 Å². The monoisotopic (exact) mass is 165 g/mol. The molecule has 1 aliphatic carbocycles. The highest BCUT2D eigenvalue weighted by Crippen LogP contribution is 2.24. The molecule has 1 aromatic rings. The molecular formula is C7H9N4O-. The predicted octanol–water partition coefficient (Wildman–Crippen LogP) is -0.293. The number of aromatic nitrogens is 2. The van der Waals surface area contributed by atoms with Crippen molar-refractivity contribution in [2.45, 2.75) is 18.9 Å². The number of nitrogens with zero attached hydrogens (tertiary/aromatic N) is 2. The summed E-state index contributed by atoms with van der Waals surface area (Å²) in [4.78, 5) is 7.30. The fourth-order valence-electron chi connectivity index (χ4n) is 0.954. The summed E-state index contributed by atoms with van der Waals surface area (Å²) in [6, 6.07) is 1.83. The molecule has 0 aromatic carbocycles. The van der Waals surface area contributed by atoms with E-state index in [1.807, 2.05) is 0 Å². The lowest BCUT2D eigenvalue weighted by molar-refractivity contribution is -0.274. The summed E-state index contributed by atoms with van der Waals surface area (Å²) in [6.45, 7) is 0. The van der Waals surface area contributed by atoms with Gasteiger partial charge in [0, 0.05) is 6.04 Å². The van der Waals surface area contributed by atoms with E-state index in [9.17, 15) is 5.11 Å². The minimum atomic E-state index is -0.342. The maximum absolute atomic E-state index is 10.8. The first-order valence-electron chi connectivity index (χ1n) is 3.82. The van der Waals surface area contributed by atoms with Crippen LogP contribution >= 0.6 is 0 Å². The molecule has 0 spiro atoms. The summed E-state index contributed by atoms with van der Waals surface area (Å²) in [6.07, 6.45) is 2.27. The van der Waals surface area contributed by atoms with Crippen LogP contribution in [0, 0.1) is 0 Å². The molecule has 0 saturated heterocycles. The van der Waals surface area contributed by atoms with Crippen molar-refractivity contribution in [2.75, 3.05) is 11.1 Å². The lowest BCUT2D eigenvalue weighted by Gasteiger charge is -2.08. The zero-order chi connectivity index (χ0) is 8.55. The van der Waals surface area contributed by atoms with Crippen molar-refractivity contribution in [3.8, 4) is 5.88 Å². The van der Waals surface area contributed by atoms with Crippen LogP contribution in [0.4, 0.5) is 11.8 Å². The third kappa shape index (κ3) is 1.55. The molecule has 5 nitrogen and oxygen atoms in total. The Kier molecular flexibility index (Phi) is 1.49. The molecule has 0 amide bonds. The molecule has 1 aromatic heterocycles. The van der Waals surface area contributed by atoms with Gasteiger partial charge in [-0.25, -0.2) is 4.98 Å². The summed E-state index contributed by atoms with van der Waals surface area (Å²) < 4.78 is 0. The molecular weight excluding hydrogens is 156 g/mol. The van der Waals surface area contributed by atoms with Crippen LogP contribution < -0.4 is 16.2 Å². The normalized spacial score (nSPS) is 16.0. The highest BCUT2D eigenvalue weighted by molar-refractivity contribution is 5.43. The van der Waals surface area contributed by atoms with E-state index in [1.165, 1.54) is 6.07 Å². The fourth-order valence-corrected chi connectivity index (χ4v) is 0.954. The molecule has 64 valence electrons. The highest BCUT2D eigenvalue weighted by Gasteiger charge is 2.21. The number of hydrogen-bond donors (Lipinski definition) is 2. The molecule has 0 unspecified atom stereocenters. The van der Waals surface area contributed by atoms with E-state index in [2.05, 4.69) is 15.3 Å². The lowest BCUT2D eigenvalue weighted by Crippen LogP contribution is -2.07. The maximum atomic E-state index is 10.8. The minimum absolute atomic E-state index is 0.0330. The predicted molar refractivity (Wildman–Crippen MR) is 42.5 cm³/mol. The van der Waals surface area contributed by atoms with Crippen molar-refractivity contribution < 1.29 is 5.11 Å². The molecule has 5 heteroatoms. The number of rotatable bonds is 2. The molecule has 0 bridgehead atoms. The molecule has 2 rings (SSSR count). The Morgan fingerprint density at radius 2 is 2.25 bits per heavy atom. The number of anilines is 2. The van der Waals surface area contributed by atoms with Crippen LogP contribution in [0.15, 0.2) is 6.07 Å². The van der Waals surface area contributed by atoms with Gasteiger partial charge in [0.25, 0.3) is 0 Å². The van der Waals surface area contributed by atoms with E-state index >= 15 is 0 Å². The van der Waals surface area contributed by atoms with Crippen LogP contribution in [0.5, 0.6) is 5.88 Å². The quantitative estimate of drug-likeness (QED) is 0.628. The SMILES string of the molecule is Nc1nc([O-])cc(NC2CC2)n1. The van der Waals surface area contributed by atoms with Gasteiger partial charge in [0.05, 0.1) is 0 Å². The van der Waals surface area contributed by atoms with E-state index in [4.69, 9.17) is 5.73 Å². The van der Waals surface area contributed by atoms with Crippen LogP contribution in [0.1, 0.15) is 12.8 Å². The Morgan fingerprint density at radius 1 is 1.50 bits per heavy atom. The Morgan fingerprint density at radius 3 is 2.83 bits per heavy atom. The van der Waals surface area contributed by atoms with Crippen molar-refractivity contribution in [3.05, 3.63) is 6.07 Å². The first kappa shape index (κ1) is 7.15. The van der Waals surface area contributed by atoms with Crippen LogP contribution in [0.25, 0.3) is 0 Å². The number of nitrogens with one attached hydrogen (secondary N) is 1. The molecule has 1 aliphatic rings. The van der Waals surface area contributed by atoms with E-state index in [-0.39, 0.29) is 11.8 Å². The summed E-state index contributed by atoms with van der Waals surface area (Å²) in [5.74, 6) is 0.228. The van der Waals surface area contributed by atoms with Crippen molar-refractivity contribution in [1.29, 1.82) is 0 Å².